The molecule has 1 aromatic rings. The second-order valence-electron chi connectivity index (χ2n) is 8.20. The van der Waals surface area contributed by atoms with E-state index >= 15 is 0 Å². The number of ether oxygens (including phenoxy) is 1. The maximum absolute atomic E-state index is 12.8. The van der Waals surface area contributed by atoms with E-state index in [4.69, 9.17) is 4.74 Å². The van der Waals surface area contributed by atoms with Crippen molar-refractivity contribution < 1.29 is 22.7 Å². The van der Waals surface area contributed by atoms with Gasteiger partial charge in [0.2, 0.25) is 0 Å². The molecule has 3 heterocycles. The molecule has 2 aliphatic heterocycles. The Morgan fingerprint density at radius 2 is 1.89 bits per heavy atom. The zero-order chi connectivity index (χ0) is 20.0. The summed E-state index contributed by atoms with van der Waals surface area (Å²) in [4.78, 5) is 20.4. The Hall–Kier alpha value is -1.67. The number of likely N-dealkylation sites (tertiary alicyclic amines) is 1. The summed E-state index contributed by atoms with van der Waals surface area (Å²) in [5.74, 6) is 0.138. The van der Waals surface area contributed by atoms with Gasteiger partial charge in [-0.15, -0.1) is 0 Å². The van der Waals surface area contributed by atoms with Gasteiger partial charge in [0.25, 0.3) is 5.91 Å². The lowest BCUT2D eigenvalue weighted by atomic mass is 9.88. The molecule has 1 saturated carbocycles. The minimum Gasteiger partial charge on any atom is -0.357 e. The van der Waals surface area contributed by atoms with Crippen molar-refractivity contribution >= 4 is 5.91 Å². The molecule has 3 fully saturated rings. The van der Waals surface area contributed by atoms with Crippen molar-refractivity contribution in [2.24, 2.45) is 0 Å². The zero-order valence-corrected chi connectivity index (χ0v) is 16.1. The van der Waals surface area contributed by atoms with Gasteiger partial charge in [-0.1, -0.05) is 6.07 Å². The lowest BCUT2D eigenvalue weighted by molar-refractivity contribution is -0.200. The third kappa shape index (κ3) is 3.76. The first kappa shape index (κ1) is 19.6. The first-order valence-electron chi connectivity index (χ1n) is 10.0. The fourth-order valence-electron chi connectivity index (χ4n) is 4.38. The monoisotopic (exact) mass is 397 g/mol. The number of alkyl halides is 3. The molecule has 0 N–H and O–H groups in total. The minimum absolute atomic E-state index is 0.138. The Balaban J connectivity index is 1.33. The van der Waals surface area contributed by atoms with Crippen LogP contribution in [0.1, 0.15) is 44.0 Å². The number of pyridine rings is 1. The van der Waals surface area contributed by atoms with E-state index in [9.17, 15) is 18.0 Å². The van der Waals surface area contributed by atoms with Gasteiger partial charge in [-0.2, -0.15) is 13.2 Å². The van der Waals surface area contributed by atoms with Gasteiger partial charge >= 0.3 is 6.18 Å². The lowest BCUT2D eigenvalue weighted by Crippen LogP contribution is -2.62. The number of carbonyl (C=O) groups is 1. The zero-order valence-electron chi connectivity index (χ0n) is 16.1. The summed E-state index contributed by atoms with van der Waals surface area (Å²) in [5.41, 5.74) is -1.22. The second kappa shape index (κ2) is 6.99. The molecule has 0 atom stereocenters. The van der Waals surface area contributed by atoms with Gasteiger partial charge in [0.05, 0.1) is 5.60 Å². The number of hydrogen-bond acceptors (Lipinski definition) is 4. The number of morpholine rings is 1. The van der Waals surface area contributed by atoms with Crippen molar-refractivity contribution in [1.29, 1.82) is 0 Å². The van der Waals surface area contributed by atoms with Crippen LogP contribution < -0.4 is 0 Å². The van der Waals surface area contributed by atoms with Gasteiger partial charge in [-0.25, -0.2) is 4.98 Å². The fourth-order valence-corrected chi connectivity index (χ4v) is 4.38. The van der Waals surface area contributed by atoms with Crippen LogP contribution in [-0.2, 0) is 22.1 Å². The first-order chi connectivity index (χ1) is 13.3. The quantitative estimate of drug-likeness (QED) is 0.784. The number of carbonyl (C=O) groups excluding carboxylic acids is 1. The highest BCUT2D eigenvalue weighted by molar-refractivity contribution is 5.89. The van der Waals surface area contributed by atoms with Crippen LogP contribution in [0, 0.1) is 0 Å². The van der Waals surface area contributed by atoms with Crippen molar-refractivity contribution in [2.75, 3.05) is 32.7 Å². The Morgan fingerprint density at radius 1 is 1.18 bits per heavy atom. The average molecular weight is 397 g/mol. The summed E-state index contributed by atoms with van der Waals surface area (Å²) in [6.45, 7) is 5.67. The standard InChI is InChI=1S/C20H26F3N3O2/c1-2-26-14-18(28-19(7-8-19)17(26)27)9-12-25(13-10-18)11-6-15-4-3-5-16(24-15)20(21,22)23/h3-5H,2,6-14H2,1H3. The predicted octanol–water partition coefficient (Wildman–Crippen LogP) is 2.89. The van der Waals surface area contributed by atoms with Crippen LogP contribution in [0.4, 0.5) is 13.2 Å². The van der Waals surface area contributed by atoms with Crippen LogP contribution in [0.5, 0.6) is 0 Å². The summed E-state index contributed by atoms with van der Waals surface area (Å²) in [5, 5.41) is 0. The molecular weight excluding hydrogens is 371 g/mol. The van der Waals surface area contributed by atoms with Crippen molar-refractivity contribution in [3.05, 3.63) is 29.6 Å². The predicted molar refractivity (Wildman–Crippen MR) is 96.7 cm³/mol. The summed E-state index contributed by atoms with van der Waals surface area (Å²) in [7, 11) is 0. The molecule has 0 unspecified atom stereocenters. The van der Waals surface area contributed by atoms with Crippen molar-refractivity contribution in [3.63, 3.8) is 0 Å². The Kier molecular flexibility index (Phi) is 4.90. The van der Waals surface area contributed by atoms with Crippen molar-refractivity contribution in [3.8, 4) is 0 Å². The number of likely N-dealkylation sites (N-methyl/N-ethyl adjacent to an activating group) is 1. The topological polar surface area (TPSA) is 45.7 Å². The number of aromatic nitrogens is 1. The van der Waals surface area contributed by atoms with E-state index in [-0.39, 0.29) is 11.5 Å². The van der Waals surface area contributed by atoms with Gasteiger partial charge < -0.3 is 14.5 Å². The fraction of sp³-hybridized carbons (Fsp3) is 0.700. The Bertz CT molecular complexity index is 740. The van der Waals surface area contributed by atoms with E-state index in [1.165, 1.54) is 6.07 Å². The molecule has 1 amide bonds. The molecule has 154 valence electrons. The molecule has 0 radical (unpaired) electrons. The van der Waals surface area contributed by atoms with E-state index in [0.29, 0.717) is 31.7 Å². The van der Waals surface area contributed by atoms with Crippen LogP contribution in [0.2, 0.25) is 0 Å². The average Bonchev–Trinajstić information content (AvgIpc) is 3.44. The van der Waals surface area contributed by atoms with E-state index in [1.54, 1.807) is 6.07 Å². The normalized spacial score (nSPS) is 24.1. The summed E-state index contributed by atoms with van der Waals surface area (Å²) >= 11 is 0. The molecule has 0 aromatic carbocycles. The number of nitrogens with zero attached hydrogens (tertiary/aromatic N) is 3. The summed E-state index contributed by atoms with van der Waals surface area (Å²) < 4.78 is 44.8. The minimum atomic E-state index is -4.41. The number of halogens is 3. The van der Waals surface area contributed by atoms with E-state index in [1.807, 2.05) is 11.8 Å². The van der Waals surface area contributed by atoms with Crippen LogP contribution in [0.25, 0.3) is 0 Å². The van der Waals surface area contributed by atoms with Gasteiger partial charge in [0.15, 0.2) is 0 Å². The number of piperidine rings is 1. The maximum atomic E-state index is 12.8. The summed E-state index contributed by atoms with van der Waals surface area (Å²) in [6, 6.07) is 4.06. The third-order valence-electron chi connectivity index (χ3n) is 6.20. The third-order valence-corrected chi connectivity index (χ3v) is 6.20. The molecule has 8 heteroatoms. The molecule has 1 aromatic heterocycles. The maximum Gasteiger partial charge on any atom is 0.433 e. The van der Waals surface area contributed by atoms with Gasteiger partial charge in [-0.3, -0.25) is 4.79 Å². The Morgan fingerprint density at radius 3 is 2.50 bits per heavy atom. The molecule has 4 rings (SSSR count). The van der Waals surface area contributed by atoms with Crippen LogP contribution in [0.3, 0.4) is 0 Å². The van der Waals surface area contributed by atoms with E-state index < -0.39 is 17.5 Å². The molecule has 28 heavy (non-hydrogen) atoms. The molecule has 3 aliphatic rings. The highest BCUT2D eigenvalue weighted by Gasteiger charge is 2.61. The van der Waals surface area contributed by atoms with Gasteiger partial charge in [0, 0.05) is 44.8 Å². The van der Waals surface area contributed by atoms with Crippen molar-refractivity contribution in [1.82, 2.24) is 14.8 Å². The molecule has 2 spiro atoms. The molecule has 2 saturated heterocycles. The number of amides is 1. The smallest absolute Gasteiger partial charge is 0.357 e. The van der Waals surface area contributed by atoms with Crippen LogP contribution >= 0.6 is 0 Å². The lowest BCUT2D eigenvalue weighted by Gasteiger charge is -2.50. The molecule has 5 nitrogen and oxygen atoms in total. The second-order valence-corrected chi connectivity index (χ2v) is 8.20. The summed E-state index contributed by atoms with van der Waals surface area (Å²) in [6.07, 6.45) is -0.610. The SMILES string of the molecule is CCN1CC2(CCN(CCc3cccc(C(F)(F)F)n3)CC2)OC2(CC2)C1=O. The first-order valence-corrected chi connectivity index (χ1v) is 10.0. The highest BCUT2D eigenvalue weighted by atomic mass is 19.4. The molecular formula is C20H26F3N3O2. The number of hydrogen-bond donors (Lipinski definition) is 0. The molecule has 0 bridgehead atoms. The van der Waals surface area contributed by atoms with Gasteiger partial charge in [0.1, 0.15) is 11.3 Å². The van der Waals surface area contributed by atoms with Gasteiger partial charge in [-0.05, 0) is 44.7 Å². The van der Waals surface area contributed by atoms with E-state index in [0.717, 1.165) is 44.8 Å². The van der Waals surface area contributed by atoms with Crippen molar-refractivity contribution in [2.45, 2.75) is 56.4 Å². The Labute approximate surface area is 162 Å². The van der Waals surface area contributed by atoms with E-state index in [2.05, 4.69) is 9.88 Å². The van der Waals surface area contributed by atoms with Crippen LogP contribution in [0.15, 0.2) is 18.2 Å². The largest absolute Gasteiger partial charge is 0.433 e. The van der Waals surface area contributed by atoms with Crippen LogP contribution in [-0.4, -0.2) is 64.6 Å². The highest BCUT2D eigenvalue weighted by Crippen LogP contribution is 2.49. The molecule has 1 aliphatic carbocycles. The number of rotatable bonds is 4.